The highest BCUT2D eigenvalue weighted by Crippen LogP contribution is 2.28. The molecule has 0 N–H and O–H groups in total. The van der Waals surface area contributed by atoms with Crippen LogP contribution < -0.4 is 9.80 Å². The van der Waals surface area contributed by atoms with E-state index in [0.29, 0.717) is 6.04 Å². The van der Waals surface area contributed by atoms with Crippen LogP contribution in [0.25, 0.3) is 0 Å². The molecule has 0 amide bonds. The van der Waals surface area contributed by atoms with Crippen LogP contribution in [0.4, 0.5) is 17.3 Å². The standard InChI is InChI=1S/C18H24N4/c1-3-15-9-7-8-12-22(15)18-13-17(19-14-20-18)21(2)16-10-5-4-6-11-16/h4-6,10-11,13-15H,3,7-9,12H2,1-2H3. The molecule has 1 unspecified atom stereocenters. The molecule has 0 bridgehead atoms. The van der Waals surface area contributed by atoms with E-state index in [1.807, 2.05) is 18.2 Å². The van der Waals surface area contributed by atoms with Gasteiger partial charge in [0.15, 0.2) is 0 Å². The van der Waals surface area contributed by atoms with Crippen molar-refractivity contribution in [2.24, 2.45) is 0 Å². The Hall–Kier alpha value is -2.10. The Labute approximate surface area is 132 Å². The minimum atomic E-state index is 0.610. The molecule has 1 atom stereocenters. The number of aromatic nitrogens is 2. The summed E-state index contributed by atoms with van der Waals surface area (Å²) in [5, 5.41) is 0. The highest BCUT2D eigenvalue weighted by Gasteiger charge is 2.22. The molecule has 116 valence electrons. The summed E-state index contributed by atoms with van der Waals surface area (Å²) in [5.41, 5.74) is 1.14. The van der Waals surface area contributed by atoms with Crippen LogP contribution in [0.1, 0.15) is 32.6 Å². The summed E-state index contributed by atoms with van der Waals surface area (Å²) in [7, 11) is 2.05. The van der Waals surface area contributed by atoms with Crippen LogP contribution in [-0.4, -0.2) is 29.6 Å². The maximum atomic E-state index is 4.53. The fourth-order valence-electron chi connectivity index (χ4n) is 3.19. The molecule has 1 aromatic carbocycles. The van der Waals surface area contributed by atoms with Crippen LogP contribution in [0.15, 0.2) is 42.7 Å². The molecule has 2 aromatic rings. The maximum absolute atomic E-state index is 4.53. The molecule has 0 aliphatic carbocycles. The van der Waals surface area contributed by atoms with Crippen LogP contribution in [0, 0.1) is 0 Å². The van der Waals surface area contributed by atoms with Gasteiger partial charge in [-0.3, -0.25) is 0 Å². The molecular weight excluding hydrogens is 272 g/mol. The van der Waals surface area contributed by atoms with Gasteiger partial charge in [-0.05, 0) is 37.8 Å². The average Bonchev–Trinajstić information content (AvgIpc) is 2.62. The number of hydrogen-bond donors (Lipinski definition) is 0. The number of anilines is 3. The van der Waals surface area contributed by atoms with Crippen LogP contribution in [-0.2, 0) is 0 Å². The first-order chi connectivity index (χ1) is 10.8. The van der Waals surface area contributed by atoms with E-state index < -0.39 is 0 Å². The Morgan fingerprint density at radius 1 is 1.18 bits per heavy atom. The van der Waals surface area contributed by atoms with Gasteiger partial charge in [0.2, 0.25) is 0 Å². The Kier molecular flexibility index (Phi) is 4.56. The third-order valence-corrected chi connectivity index (χ3v) is 4.52. The molecule has 0 spiro atoms. The largest absolute Gasteiger partial charge is 0.353 e. The van der Waals surface area contributed by atoms with Crippen LogP contribution in [0.2, 0.25) is 0 Å². The number of piperidine rings is 1. The number of hydrogen-bond acceptors (Lipinski definition) is 4. The van der Waals surface area contributed by atoms with Gasteiger partial charge in [0.25, 0.3) is 0 Å². The summed E-state index contributed by atoms with van der Waals surface area (Å²) in [6.07, 6.45) is 6.71. The van der Waals surface area contributed by atoms with Crippen molar-refractivity contribution in [2.75, 3.05) is 23.4 Å². The van der Waals surface area contributed by atoms with Gasteiger partial charge >= 0.3 is 0 Å². The van der Waals surface area contributed by atoms with E-state index >= 15 is 0 Å². The SMILES string of the molecule is CCC1CCCCN1c1cc(N(C)c2ccccc2)ncn1. The molecule has 0 saturated carbocycles. The fraction of sp³-hybridized carbons (Fsp3) is 0.444. The number of rotatable bonds is 4. The predicted octanol–water partition coefficient (Wildman–Crippen LogP) is 4.01. The van der Waals surface area contributed by atoms with E-state index in [1.54, 1.807) is 6.33 Å². The average molecular weight is 296 g/mol. The Morgan fingerprint density at radius 3 is 2.77 bits per heavy atom. The molecule has 2 heterocycles. The van der Waals surface area contributed by atoms with Crippen LogP contribution in [0.3, 0.4) is 0 Å². The summed E-state index contributed by atoms with van der Waals surface area (Å²) < 4.78 is 0. The van der Waals surface area contributed by atoms with Gasteiger partial charge in [0, 0.05) is 31.4 Å². The second-order valence-corrected chi connectivity index (χ2v) is 5.88. The van der Waals surface area contributed by atoms with E-state index in [4.69, 9.17) is 0 Å². The minimum absolute atomic E-state index is 0.610. The molecule has 1 saturated heterocycles. The first-order valence-electron chi connectivity index (χ1n) is 8.17. The minimum Gasteiger partial charge on any atom is -0.353 e. The van der Waals surface area contributed by atoms with E-state index in [1.165, 1.54) is 25.7 Å². The second kappa shape index (κ2) is 6.77. The van der Waals surface area contributed by atoms with Gasteiger partial charge in [-0.1, -0.05) is 25.1 Å². The summed E-state index contributed by atoms with van der Waals surface area (Å²) >= 11 is 0. The molecule has 4 heteroatoms. The zero-order chi connectivity index (χ0) is 15.4. The lowest BCUT2D eigenvalue weighted by Gasteiger charge is -2.36. The number of para-hydroxylation sites is 1. The molecule has 1 aliphatic rings. The Balaban J connectivity index is 1.86. The van der Waals surface area contributed by atoms with Crippen molar-refractivity contribution in [3.05, 3.63) is 42.7 Å². The highest BCUT2D eigenvalue weighted by molar-refractivity contribution is 5.61. The number of benzene rings is 1. The highest BCUT2D eigenvalue weighted by atomic mass is 15.2. The third kappa shape index (κ3) is 3.06. The smallest absolute Gasteiger partial charge is 0.138 e. The Bertz CT molecular complexity index is 599. The molecule has 4 nitrogen and oxygen atoms in total. The van der Waals surface area contributed by atoms with Gasteiger partial charge < -0.3 is 9.80 Å². The molecular formula is C18H24N4. The molecule has 0 radical (unpaired) electrons. The van der Waals surface area contributed by atoms with Crippen molar-refractivity contribution in [2.45, 2.75) is 38.6 Å². The van der Waals surface area contributed by atoms with Crippen molar-refractivity contribution < 1.29 is 0 Å². The third-order valence-electron chi connectivity index (χ3n) is 4.52. The van der Waals surface area contributed by atoms with E-state index in [2.05, 4.69) is 51.9 Å². The van der Waals surface area contributed by atoms with E-state index in [0.717, 1.165) is 23.9 Å². The molecule has 22 heavy (non-hydrogen) atoms. The zero-order valence-electron chi connectivity index (χ0n) is 13.4. The van der Waals surface area contributed by atoms with Crippen LogP contribution >= 0.6 is 0 Å². The lowest BCUT2D eigenvalue weighted by Crippen LogP contribution is -2.39. The molecule has 1 fully saturated rings. The zero-order valence-corrected chi connectivity index (χ0v) is 13.4. The summed E-state index contributed by atoms with van der Waals surface area (Å²) in [6.45, 7) is 3.37. The van der Waals surface area contributed by atoms with Gasteiger partial charge in [-0.2, -0.15) is 0 Å². The van der Waals surface area contributed by atoms with Gasteiger partial charge in [0.1, 0.15) is 18.0 Å². The molecule has 3 rings (SSSR count). The van der Waals surface area contributed by atoms with Crippen LogP contribution in [0.5, 0.6) is 0 Å². The normalized spacial score (nSPS) is 18.3. The summed E-state index contributed by atoms with van der Waals surface area (Å²) in [6, 6.07) is 13.0. The maximum Gasteiger partial charge on any atom is 0.138 e. The lowest BCUT2D eigenvalue weighted by atomic mass is 10.00. The second-order valence-electron chi connectivity index (χ2n) is 5.88. The van der Waals surface area contributed by atoms with Crippen molar-refractivity contribution >= 4 is 17.3 Å². The van der Waals surface area contributed by atoms with Crippen molar-refractivity contribution in [3.63, 3.8) is 0 Å². The first kappa shape index (κ1) is 14.8. The summed E-state index contributed by atoms with van der Waals surface area (Å²) in [5.74, 6) is 2.00. The Morgan fingerprint density at radius 2 is 2.00 bits per heavy atom. The monoisotopic (exact) mass is 296 g/mol. The lowest BCUT2D eigenvalue weighted by molar-refractivity contribution is 0.446. The van der Waals surface area contributed by atoms with E-state index in [9.17, 15) is 0 Å². The first-order valence-corrected chi connectivity index (χ1v) is 8.17. The fourth-order valence-corrected chi connectivity index (χ4v) is 3.19. The molecule has 1 aromatic heterocycles. The number of nitrogens with zero attached hydrogens (tertiary/aromatic N) is 4. The van der Waals surface area contributed by atoms with Gasteiger partial charge in [-0.15, -0.1) is 0 Å². The van der Waals surface area contributed by atoms with E-state index in [-0.39, 0.29) is 0 Å². The molecule has 1 aliphatic heterocycles. The topological polar surface area (TPSA) is 32.3 Å². The van der Waals surface area contributed by atoms with Crippen molar-refractivity contribution in [1.82, 2.24) is 9.97 Å². The quantitative estimate of drug-likeness (QED) is 0.853. The van der Waals surface area contributed by atoms with Crippen molar-refractivity contribution in [3.8, 4) is 0 Å². The predicted molar refractivity (Wildman–Crippen MR) is 91.8 cm³/mol. The van der Waals surface area contributed by atoms with Gasteiger partial charge in [0.05, 0.1) is 0 Å². The van der Waals surface area contributed by atoms with Crippen molar-refractivity contribution in [1.29, 1.82) is 0 Å². The van der Waals surface area contributed by atoms with Gasteiger partial charge in [-0.25, -0.2) is 9.97 Å². The summed E-state index contributed by atoms with van der Waals surface area (Å²) in [4.78, 5) is 13.5.